The Balaban J connectivity index is 1.57. The van der Waals surface area contributed by atoms with Gasteiger partial charge in [-0.15, -0.1) is 11.8 Å². The topological polar surface area (TPSA) is 88.3 Å². The zero-order chi connectivity index (χ0) is 26.5. The van der Waals surface area contributed by atoms with Crippen molar-refractivity contribution in [3.63, 3.8) is 0 Å². The van der Waals surface area contributed by atoms with Crippen LogP contribution < -0.4 is 5.32 Å². The molecule has 2 aliphatic heterocycles. The molecule has 4 rings (SSSR count). The predicted molar refractivity (Wildman–Crippen MR) is 150 cm³/mol. The molecule has 200 valence electrons. The van der Waals surface area contributed by atoms with E-state index in [0.29, 0.717) is 31.4 Å². The third kappa shape index (κ3) is 6.61. The predicted octanol–water partition coefficient (Wildman–Crippen LogP) is 5.94. The Morgan fingerprint density at radius 2 is 1.89 bits per heavy atom. The summed E-state index contributed by atoms with van der Waals surface area (Å²) in [6.45, 7) is 14.5. The molecule has 2 aromatic rings. The average Bonchev–Trinajstić information content (AvgIpc) is 3.45. The number of thioether (sulfide) groups is 1. The van der Waals surface area contributed by atoms with Crippen LogP contribution in [-0.2, 0) is 6.54 Å². The minimum atomic E-state index is -0.0794. The van der Waals surface area contributed by atoms with Crippen molar-refractivity contribution >= 4 is 23.5 Å². The van der Waals surface area contributed by atoms with Gasteiger partial charge in [0.1, 0.15) is 5.82 Å². The smallest absolute Gasteiger partial charge is 0.317 e. The largest absolute Gasteiger partial charge is 0.331 e. The number of carbonyl (C=O) groups is 1. The van der Waals surface area contributed by atoms with Gasteiger partial charge in [-0.2, -0.15) is 5.10 Å². The van der Waals surface area contributed by atoms with Gasteiger partial charge in [-0.1, -0.05) is 26.8 Å². The van der Waals surface area contributed by atoms with Crippen molar-refractivity contribution in [1.29, 1.82) is 0 Å². The van der Waals surface area contributed by atoms with Crippen LogP contribution in [0, 0.1) is 5.92 Å². The van der Waals surface area contributed by atoms with Gasteiger partial charge in [0, 0.05) is 65.4 Å². The molecule has 0 bridgehead atoms. The number of carbonyl (C=O) groups excluding carboxylic acids is 1. The van der Waals surface area contributed by atoms with E-state index in [1.54, 1.807) is 11.8 Å². The second kappa shape index (κ2) is 12.2. The van der Waals surface area contributed by atoms with Crippen molar-refractivity contribution in [3.05, 3.63) is 47.4 Å². The fraction of sp³-hybridized carbons (Fsp3) is 0.607. The molecule has 2 atom stereocenters. The SMILES string of the molecule is CCSc1cnc(CNC(=O)N2CC(C3=NC(C)=CCCC3)C(c3cc(C(C)C)nn3C(C)C)C2)nc1. The van der Waals surface area contributed by atoms with Crippen molar-refractivity contribution in [2.45, 2.75) is 90.1 Å². The molecule has 2 aliphatic rings. The zero-order valence-electron chi connectivity index (χ0n) is 23.1. The number of likely N-dealkylation sites (tertiary alicyclic amines) is 1. The van der Waals surface area contributed by atoms with Gasteiger partial charge in [-0.25, -0.2) is 14.8 Å². The number of nitrogens with zero attached hydrogens (tertiary/aromatic N) is 6. The second-order valence-electron chi connectivity index (χ2n) is 10.6. The molecule has 0 aromatic carbocycles. The molecule has 37 heavy (non-hydrogen) atoms. The molecule has 0 spiro atoms. The first-order chi connectivity index (χ1) is 17.8. The van der Waals surface area contributed by atoms with Gasteiger partial charge in [0.25, 0.3) is 0 Å². The van der Waals surface area contributed by atoms with Crippen LogP contribution in [0.1, 0.15) is 95.9 Å². The summed E-state index contributed by atoms with van der Waals surface area (Å²) in [7, 11) is 0. The van der Waals surface area contributed by atoms with Crippen molar-refractivity contribution in [3.8, 4) is 0 Å². The molecule has 0 radical (unpaired) electrons. The molecule has 9 heteroatoms. The lowest BCUT2D eigenvalue weighted by Crippen LogP contribution is -2.39. The number of nitrogens with one attached hydrogen (secondary N) is 1. The Morgan fingerprint density at radius 3 is 2.57 bits per heavy atom. The van der Waals surface area contributed by atoms with Crippen LogP contribution in [0.25, 0.3) is 0 Å². The minimum absolute atomic E-state index is 0.0794. The number of aliphatic imine (C=N–C) groups is 1. The molecule has 2 aromatic heterocycles. The third-order valence-corrected chi connectivity index (χ3v) is 7.90. The molecule has 8 nitrogen and oxygen atoms in total. The number of amides is 2. The molecule has 0 aliphatic carbocycles. The van der Waals surface area contributed by atoms with Gasteiger partial charge in [0.2, 0.25) is 0 Å². The zero-order valence-corrected chi connectivity index (χ0v) is 23.9. The lowest BCUT2D eigenvalue weighted by molar-refractivity contribution is 0.207. The first kappa shape index (κ1) is 27.4. The maximum Gasteiger partial charge on any atom is 0.317 e. The van der Waals surface area contributed by atoms with Gasteiger partial charge < -0.3 is 10.2 Å². The number of urea groups is 1. The molecule has 1 fully saturated rings. The van der Waals surface area contributed by atoms with Crippen LogP contribution in [0.4, 0.5) is 4.79 Å². The fourth-order valence-corrected chi connectivity index (χ4v) is 5.73. The molecular weight excluding hydrogens is 482 g/mol. The highest BCUT2D eigenvalue weighted by molar-refractivity contribution is 7.99. The average molecular weight is 524 g/mol. The molecule has 0 saturated carbocycles. The second-order valence-corrected chi connectivity index (χ2v) is 11.9. The number of rotatable bonds is 8. The van der Waals surface area contributed by atoms with Crippen molar-refractivity contribution in [1.82, 2.24) is 30.0 Å². The fourth-order valence-electron chi connectivity index (χ4n) is 5.14. The van der Waals surface area contributed by atoms with E-state index in [9.17, 15) is 4.79 Å². The van der Waals surface area contributed by atoms with Crippen LogP contribution in [-0.4, -0.2) is 55.2 Å². The standard InChI is InChI=1S/C28H41N7OS/c1-7-37-21-13-29-27(30-14-21)15-31-28(36)34-16-22(24-11-9-8-10-20(6)32-24)23(17-34)26-12-25(18(2)3)33-35(26)19(4)5/h10,12-14,18-19,22-23H,7-9,11,15-17H2,1-6H3,(H,31,36). The number of aromatic nitrogens is 4. The quantitative estimate of drug-likeness (QED) is 0.432. The van der Waals surface area contributed by atoms with Gasteiger partial charge in [0.15, 0.2) is 0 Å². The molecule has 2 unspecified atom stereocenters. The lowest BCUT2D eigenvalue weighted by Gasteiger charge is -2.22. The molecule has 2 amide bonds. The summed E-state index contributed by atoms with van der Waals surface area (Å²) < 4.78 is 2.16. The van der Waals surface area contributed by atoms with E-state index in [0.717, 1.165) is 41.3 Å². The van der Waals surface area contributed by atoms with E-state index in [4.69, 9.17) is 10.1 Å². The van der Waals surface area contributed by atoms with Crippen LogP contribution in [0.15, 0.2) is 40.1 Å². The Morgan fingerprint density at radius 1 is 1.16 bits per heavy atom. The summed E-state index contributed by atoms with van der Waals surface area (Å²) in [5.41, 5.74) is 4.60. The first-order valence-corrected chi connectivity index (χ1v) is 14.5. The lowest BCUT2D eigenvalue weighted by atomic mass is 9.86. The van der Waals surface area contributed by atoms with E-state index in [1.165, 1.54) is 11.4 Å². The van der Waals surface area contributed by atoms with E-state index in [2.05, 4.69) is 73.7 Å². The Labute approximate surface area is 225 Å². The van der Waals surface area contributed by atoms with Gasteiger partial charge in [-0.3, -0.25) is 9.67 Å². The molecular formula is C28H41N7OS. The summed E-state index contributed by atoms with van der Waals surface area (Å²) in [4.78, 5) is 30.2. The first-order valence-electron chi connectivity index (χ1n) is 13.6. The summed E-state index contributed by atoms with van der Waals surface area (Å²) >= 11 is 1.71. The minimum Gasteiger partial charge on any atom is -0.331 e. The monoisotopic (exact) mass is 523 g/mol. The summed E-state index contributed by atoms with van der Waals surface area (Å²) in [6, 6.07) is 2.42. The highest BCUT2D eigenvalue weighted by Crippen LogP contribution is 2.38. The Bertz CT molecular complexity index is 1140. The van der Waals surface area contributed by atoms with E-state index in [1.807, 2.05) is 17.3 Å². The van der Waals surface area contributed by atoms with Crippen LogP contribution in [0.3, 0.4) is 0 Å². The van der Waals surface area contributed by atoms with Crippen LogP contribution in [0.5, 0.6) is 0 Å². The number of hydrogen-bond acceptors (Lipinski definition) is 6. The summed E-state index contributed by atoms with van der Waals surface area (Å²) in [5.74, 6) is 2.27. The number of allylic oxidation sites excluding steroid dienone is 2. The Hall–Kier alpha value is -2.68. The van der Waals surface area contributed by atoms with Crippen molar-refractivity contribution < 1.29 is 4.79 Å². The van der Waals surface area contributed by atoms with Crippen molar-refractivity contribution in [2.75, 3.05) is 18.8 Å². The van der Waals surface area contributed by atoms with Crippen LogP contribution >= 0.6 is 11.8 Å². The normalized spacial score (nSPS) is 20.3. The highest BCUT2D eigenvalue weighted by atomic mass is 32.2. The van der Waals surface area contributed by atoms with Gasteiger partial charge in [-0.05, 0) is 57.8 Å². The van der Waals surface area contributed by atoms with E-state index in [-0.39, 0.29) is 23.9 Å². The maximum absolute atomic E-state index is 13.3. The van der Waals surface area contributed by atoms with E-state index >= 15 is 0 Å². The molecule has 1 N–H and O–H groups in total. The molecule has 1 saturated heterocycles. The van der Waals surface area contributed by atoms with E-state index < -0.39 is 0 Å². The summed E-state index contributed by atoms with van der Waals surface area (Å²) in [5, 5.41) is 8.01. The van der Waals surface area contributed by atoms with Gasteiger partial charge >= 0.3 is 6.03 Å². The highest BCUT2D eigenvalue weighted by Gasteiger charge is 2.41. The van der Waals surface area contributed by atoms with Crippen LogP contribution in [0.2, 0.25) is 0 Å². The van der Waals surface area contributed by atoms with Crippen molar-refractivity contribution in [2.24, 2.45) is 10.9 Å². The third-order valence-electron chi connectivity index (χ3n) is 7.07. The number of hydrogen-bond donors (Lipinski definition) is 1. The maximum atomic E-state index is 13.3. The molecule has 4 heterocycles. The summed E-state index contributed by atoms with van der Waals surface area (Å²) in [6.07, 6.45) is 8.98. The van der Waals surface area contributed by atoms with Gasteiger partial charge in [0.05, 0.1) is 12.2 Å². The Kier molecular flexibility index (Phi) is 9.05.